The van der Waals surface area contributed by atoms with Crippen LogP contribution in [0.2, 0.25) is 0 Å². The maximum absolute atomic E-state index is 10.3. The first kappa shape index (κ1) is 32.7. The number of hydrogen-bond donors (Lipinski definition) is 0. The van der Waals surface area contributed by atoms with Crippen molar-refractivity contribution in [2.45, 2.75) is 0 Å². The van der Waals surface area contributed by atoms with Gasteiger partial charge in [-0.1, -0.05) is 78.9 Å². The van der Waals surface area contributed by atoms with Gasteiger partial charge in [-0.2, -0.15) is 5.26 Å². The van der Waals surface area contributed by atoms with Gasteiger partial charge >= 0.3 is 0 Å². The van der Waals surface area contributed by atoms with Gasteiger partial charge in [0.1, 0.15) is 11.7 Å². The molecular formula is C49H32N6O. The van der Waals surface area contributed by atoms with Gasteiger partial charge in [0, 0.05) is 57.3 Å². The lowest BCUT2D eigenvalue weighted by molar-refractivity contribution is 0.600. The molecule has 10 rings (SSSR count). The van der Waals surface area contributed by atoms with E-state index in [0.717, 1.165) is 67.0 Å². The molecule has 0 spiro atoms. The van der Waals surface area contributed by atoms with E-state index in [2.05, 4.69) is 170 Å². The summed E-state index contributed by atoms with van der Waals surface area (Å²) in [6, 6.07) is 65.1. The maximum atomic E-state index is 10.3. The van der Waals surface area contributed by atoms with Crippen molar-refractivity contribution in [3.63, 3.8) is 0 Å². The number of nitriles is 1. The number of furan rings is 1. The Morgan fingerprint density at radius 2 is 0.946 bits per heavy atom. The summed E-state index contributed by atoms with van der Waals surface area (Å²) in [7, 11) is 0. The van der Waals surface area contributed by atoms with E-state index in [4.69, 9.17) is 4.42 Å². The molecule has 7 nitrogen and oxygen atoms in total. The molecule has 0 aliphatic heterocycles. The van der Waals surface area contributed by atoms with Gasteiger partial charge in [0.05, 0.1) is 27.7 Å². The molecule has 3 heterocycles. The van der Waals surface area contributed by atoms with Crippen LogP contribution in [-0.2, 0) is 0 Å². The van der Waals surface area contributed by atoms with Gasteiger partial charge in [-0.15, -0.1) is 0 Å². The standard InChI is InChI=1S/C49H32N6O/c50-33-46-48(49-51-29-14-30-52-49)47-44(23-13-24-45(47)56-46)55-42-27-25-38(53(34-15-5-1-6-16-34)35-17-7-2-8-18-35)31-40(42)41-32-39(26-28-43(41)55)54(36-19-9-3-10-20-36)37-21-11-4-12-22-37/h1-32H. The van der Waals surface area contributed by atoms with Crippen LogP contribution >= 0.6 is 0 Å². The quantitative estimate of drug-likeness (QED) is 0.156. The largest absolute Gasteiger partial charge is 0.445 e. The summed E-state index contributed by atoms with van der Waals surface area (Å²) < 4.78 is 8.47. The highest BCUT2D eigenvalue weighted by Gasteiger charge is 2.25. The number of nitrogens with zero attached hydrogens (tertiary/aromatic N) is 6. The van der Waals surface area contributed by atoms with Crippen LogP contribution in [0.15, 0.2) is 199 Å². The van der Waals surface area contributed by atoms with Gasteiger partial charge in [-0.3, -0.25) is 0 Å². The summed E-state index contributed by atoms with van der Waals surface area (Å²) in [5, 5.41) is 13.2. The Kier molecular flexibility index (Phi) is 8.05. The lowest BCUT2D eigenvalue weighted by atomic mass is 10.1. The monoisotopic (exact) mass is 720 g/mol. The first-order valence-corrected chi connectivity index (χ1v) is 18.4. The normalized spacial score (nSPS) is 11.2. The van der Waals surface area contributed by atoms with Crippen LogP contribution in [-0.4, -0.2) is 14.5 Å². The second-order valence-corrected chi connectivity index (χ2v) is 13.4. The molecule has 0 aliphatic carbocycles. The van der Waals surface area contributed by atoms with E-state index in [0.29, 0.717) is 17.0 Å². The molecule has 0 fully saturated rings. The summed E-state index contributed by atoms with van der Waals surface area (Å²) in [4.78, 5) is 13.7. The predicted octanol–water partition coefficient (Wildman–Crippen LogP) is 12.8. The molecule has 0 bridgehead atoms. The van der Waals surface area contributed by atoms with Crippen LogP contribution in [0.1, 0.15) is 5.76 Å². The molecule has 0 radical (unpaired) electrons. The minimum absolute atomic E-state index is 0.173. The zero-order chi connectivity index (χ0) is 37.4. The van der Waals surface area contributed by atoms with Crippen LogP contribution in [0.3, 0.4) is 0 Å². The van der Waals surface area contributed by atoms with E-state index in [9.17, 15) is 5.26 Å². The Morgan fingerprint density at radius 1 is 0.482 bits per heavy atom. The molecule has 10 aromatic rings. The van der Waals surface area contributed by atoms with Crippen LogP contribution in [0, 0.1) is 11.3 Å². The number of anilines is 6. The fourth-order valence-electron chi connectivity index (χ4n) is 7.78. The number of hydrogen-bond acceptors (Lipinski definition) is 6. The van der Waals surface area contributed by atoms with Crippen molar-refractivity contribution in [1.82, 2.24) is 14.5 Å². The van der Waals surface area contributed by atoms with Crippen molar-refractivity contribution in [2.75, 3.05) is 9.80 Å². The molecule has 56 heavy (non-hydrogen) atoms. The van der Waals surface area contributed by atoms with Crippen LogP contribution in [0.4, 0.5) is 34.1 Å². The molecule has 0 saturated carbocycles. The number of aromatic nitrogens is 3. The number of fused-ring (bicyclic) bond motifs is 4. The molecule has 0 N–H and O–H groups in total. The molecule has 0 saturated heterocycles. The lowest BCUT2D eigenvalue weighted by Crippen LogP contribution is -2.09. The van der Waals surface area contributed by atoms with Gasteiger partial charge in [0.2, 0.25) is 5.76 Å². The van der Waals surface area contributed by atoms with E-state index < -0.39 is 0 Å². The van der Waals surface area contributed by atoms with Gasteiger partial charge in [-0.25, -0.2) is 9.97 Å². The highest BCUT2D eigenvalue weighted by Crippen LogP contribution is 2.45. The minimum atomic E-state index is 0.173. The van der Waals surface area contributed by atoms with Crippen molar-refractivity contribution in [2.24, 2.45) is 0 Å². The molecule has 7 aromatic carbocycles. The number of benzene rings is 7. The second kappa shape index (κ2) is 13.8. The molecule has 264 valence electrons. The Bertz CT molecular complexity index is 2810. The summed E-state index contributed by atoms with van der Waals surface area (Å²) in [5.41, 5.74) is 10.3. The van der Waals surface area contributed by atoms with E-state index in [-0.39, 0.29) is 5.76 Å². The first-order valence-electron chi connectivity index (χ1n) is 18.4. The summed E-state index contributed by atoms with van der Waals surface area (Å²) in [6.07, 6.45) is 3.37. The van der Waals surface area contributed by atoms with Crippen LogP contribution in [0.25, 0.3) is 49.9 Å². The Labute approximate surface area is 323 Å². The number of rotatable bonds is 8. The predicted molar refractivity (Wildman–Crippen MR) is 226 cm³/mol. The summed E-state index contributed by atoms with van der Waals surface area (Å²) in [5.74, 6) is 0.607. The molecule has 0 amide bonds. The van der Waals surface area contributed by atoms with Gasteiger partial charge in [-0.05, 0) is 103 Å². The fraction of sp³-hybridized carbons (Fsp3) is 0. The second-order valence-electron chi connectivity index (χ2n) is 13.4. The SMILES string of the molecule is N#Cc1oc2cccc(-n3c4ccc(N(c5ccccc5)c5ccccc5)cc4c4cc(N(c5ccccc5)c5ccccc5)ccc43)c2c1-c1ncccn1. The lowest BCUT2D eigenvalue weighted by Gasteiger charge is -2.26. The van der Waals surface area contributed by atoms with Gasteiger partial charge in [0.25, 0.3) is 0 Å². The van der Waals surface area contributed by atoms with E-state index >= 15 is 0 Å². The van der Waals surface area contributed by atoms with Crippen molar-refractivity contribution < 1.29 is 4.42 Å². The highest BCUT2D eigenvalue weighted by molar-refractivity contribution is 6.14. The zero-order valence-electron chi connectivity index (χ0n) is 30.1. The van der Waals surface area contributed by atoms with Crippen molar-refractivity contribution in [3.8, 4) is 23.1 Å². The Hall–Kier alpha value is -7.95. The molecule has 0 unspecified atom stereocenters. The third kappa shape index (κ3) is 5.53. The summed E-state index contributed by atoms with van der Waals surface area (Å²) >= 11 is 0. The summed E-state index contributed by atoms with van der Waals surface area (Å²) in [6.45, 7) is 0. The van der Waals surface area contributed by atoms with Crippen LogP contribution < -0.4 is 9.80 Å². The zero-order valence-corrected chi connectivity index (χ0v) is 30.1. The Balaban J connectivity index is 1.28. The molecule has 7 heteroatoms. The highest BCUT2D eigenvalue weighted by atomic mass is 16.3. The number of para-hydroxylation sites is 4. The molecule has 0 atom stereocenters. The molecule has 3 aromatic heterocycles. The minimum Gasteiger partial charge on any atom is -0.445 e. The third-order valence-corrected chi connectivity index (χ3v) is 10.1. The Morgan fingerprint density at radius 3 is 1.39 bits per heavy atom. The topological polar surface area (TPSA) is 74.1 Å². The van der Waals surface area contributed by atoms with Crippen molar-refractivity contribution in [1.29, 1.82) is 5.26 Å². The van der Waals surface area contributed by atoms with Gasteiger partial charge < -0.3 is 18.8 Å². The van der Waals surface area contributed by atoms with Crippen molar-refractivity contribution >= 4 is 66.9 Å². The van der Waals surface area contributed by atoms with E-state index in [1.807, 2.05) is 36.4 Å². The fourth-order valence-corrected chi connectivity index (χ4v) is 7.78. The van der Waals surface area contributed by atoms with E-state index in [1.54, 1.807) is 18.5 Å². The first-order chi connectivity index (χ1) is 27.8. The maximum Gasteiger partial charge on any atom is 0.215 e. The average Bonchev–Trinajstić information content (AvgIpc) is 3.81. The molecular weight excluding hydrogens is 689 g/mol. The average molecular weight is 721 g/mol. The third-order valence-electron chi connectivity index (χ3n) is 10.1. The van der Waals surface area contributed by atoms with E-state index in [1.165, 1.54) is 0 Å². The van der Waals surface area contributed by atoms with Crippen molar-refractivity contribution in [3.05, 3.63) is 200 Å². The van der Waals surface area contributed by atoms with Gasteiger partial charge in [0.15, 0.2) is 5.82 Å². The smallest absolute Gasteiger partial charge is 0.215 e. The van der Waals surface area contributed by atoms with Crippen LogP contribution in [0.5, 0.6) is 0 Å². The molecule has 0 aliphatic rings.